The SMILES string of the molecule is CC1CC(CN)CN1Cc1ccc(F)c(Cl)c1.Cl. The first-order valence-corrected chi connectivity index (χ1v) is 6.36. The number of rotatable bonds is 3. The molecular weight excluding hydrogens is 274 g/mol. The summed E-state index contributed by atoms with van der Waals surface area (Å²) in [5.74, 6) is 0.227. The maximum Gasteiger partial charge on any atom is 0.141 e. The molecule has 0 bridgehead atoms. The van der Waals surface area contributed by atoms with E-state index in [0.29, 0.717) is 12.0 Å². The first-order valence-electron chi connectivity index (χ1n) is 5.98. The molecule has 1 heterocycles. The highest BCUT2D eigenvalue weighted by atomic mass is 35.5. The summed E-state index contributed by atoms with van der Waals surface area (Å²) in [5, 5.41) is 0.199. The second-order valence-electron chi connectivity index (χ2n) is 4.86. The second kappa shape index (κ2) is 6.71. The Morgan fingerprint density at radius 2 is 2.22 bits per heavy atom. The zero-order chi connectivity index (χ0) is 12.4. The summed E-state index contributed by atoms with van der Waals surface area (Å²) >= 11 is 5.78. The van der Waals surface area contributed by atoms with Crippen LogP contribution in [0.3, 0.4) is 0 Å². The van der Waals surface area contributed by atoms with Gasteiger partial charge in [0, 0.05) is 19.1 Å². The molecule has 0 radical (unpaired) electrons. The standard InChI is InChI=1S/C13H18ClFN2.ClH/c1-9-4-11(6-16)8-17(9)7-10-2-3-13(15)12(14)5-10;/h2-3,5,9,11H,4,6-8,16H2,1H3;1H. The highest BCUT2D eigenvalue weighted by molar-refractivity contribution is 6.30. The summed E-state index contributed by atoms with van der Waals surface area (Å²) in [6.07, 6.45) is 1.14. The first kappa shape index (κ1) is 15.7. The van der Waals surface area contributed by atoms with Gasteiger partial charge in [0.05, 0.1) is 5.02 Å². The zero-order valence-electron chi connectivity index (χ0n) is 10.4. The van der Waals surface area contributed by atoms with E-state index < -0.39 is 0 Å². The molecule has 0 amide bonds. The largest absolute Gasteiger partial charge is 0.330 e. The lowest BCUT2D eigenvalue weighted by Crippen LogP contribution is -2.27. The van der Waals surface area contributed by atoms with Crippen LogP contribution in [0.2, 0.25) is 5.02 Å². The Bertz CT molecular complexity index is 401. The minimum absolute atomic E-state index is 0. The smallest absolute Gasteiger partial charge is 0.141 e. The van der Waals surface area contributed by atoms with E-state index in [2.05, 4.69) is 11.8 Å². The van der Waals surface area contributed by atoms with Crippen LogP contribution in [0, 0.1) is 11.7 Å². The summed E-state index contributed by atoms with van der Waals surface area (Å²) in [6, 6.07) is 5.47. The van der Waals surface area contributed by atoms with Gasteiger partial charge in [0.25, 0.3) is 0 Å². The van der Waals surface area contributed by atoms with Gasteiger partial charge in [-0.25, -0.2) is 4.39 Å². The van der Waals surface area contributed by atoms with Crippen LogP contribution >= 0.6 is 24.0 Å². The van der Waals surface area contributed by atoms with Gasteiger partial charge >= 0.3 is 0 Å². The van der Waals surface area contributed by atoms with Gasteiger partial charge in [-0.1, -0.05) is 17.7 Å². The Morgan fingerprint density at radius 1 is 1.50 bits per heavy atom. The third-order valence-corrected chi connectivity index (χ3v) is 3.78. The summed E-state index contributed by atoms with van der Waals surface area (Å²) in [6.45, 7) is 4.79. The van der Waals surface area contributed by atoms with Crippen LogP contribution in [0.4, 0.5) is 4.39 Å². The molecule has 1 fully saturated rings. The number of halogens is 3. The van der Waals surface area contributed by atoms with Gasteiger partial charge in [-0.2, -0.15) is 0 Å². The number of hydrogen-bond acceptors (Lipinski definition) is 2. The monoisotopic (exact) mass is 292 g/mol. The van der Waals surface area contributed by atoms with Crippen LogP contribution in [-0.4, -0.2) is 24.0 Å². The molecule has 1 aromatic carbocycles. The van der Waals surface area contributed by atoms with E-state index in [4.69, 9.17) is 17.3 Å². The van der Waals surface area contributed by atoms with Crippen molar-refractivity contribution in [1.29, 1.82) is 0 Å². The van der Waals surface area contributed by atoms with Crippen LogP contribution in [0.1, 0.15) is 18.9 Å². The fourth-order valence-electron chi connectivity index (χ4n) is 2.48. The van der Waals surface area contributed by atoms with E-state index in [-0.39, 0.29) is 23.2 Å². The fraction of sp³-hybridized carbons (Fsp3) is 0.538. The van der Waals surface area contributed by atoms with Gasteiger partial charge in [-0.3, -0.25) is 4.90 Å². The molecule has 0 aromatic heterocycles. The van der Waals surface area contributed by atoms with Crippen LogP contribution < -0.4 is 5.73 Å². The van der Waals surface area contributed by atoms with Crippen molar-refractivity contribution in [1.82, 2.24) is 4.90 Å². The quantitative estimate of drug-likeness (QED) is 0.928. The number of likely N-dealkylation sites (tertiary alicyclic amines) is 1. The van der Waals surface area contributed by atoms with E-state index in [1.807, 2.05) is 0 Å². The third-order valence-electron chi connectivity index (χ3n) is 3.49. The topological polar surface area (TPSA) is 29.3 Å². The van der Waals surface area contributed by atoms with Crippen LogP contribution in [0.5, 0.6) is 0 Å². The molecule has 0 spiro atoms. The molecule has 0 saturated carbocycles. The zero-order valence-corrected chi connectivity index (χ0v) is 12.0. The molecule has 2 nitrogen and oxygen atoms in total. The van der Waals surface area contributed by atoms with E-state index in [9.17, 15) is 4.39 Å². The molecule has 1 saturated heterocycles. The summed E-state index contributed by atoms with van der Waals surface area (Å²) in [5.41, 5.74) is 6.75. The van der Waals surface area contributed by atoms with Crippen LogP contribution in [0.25, 0.3) is 0 Å². The van der Waals surface area contributed by atoms with Crippen molar-refractivity contribution in [3.8, 4) is 0 Å². The van der Waals surface area contributed by atoms with Gasteiger partial charge in [-0.15, -0.1) is 12.4 Å². The second-order valence-corrected chi connectivity index (χ2v) is 5.27. The molecule has 18 heavy (non-hydrogen) atoms. The van der Waals surface area contributed by atoms with Crippen molar-refractivity contribution in [2.45, 2.75) is 25.9 Å². The summed E-state index contributed by atoms with van der Waals surface area (Å²) in [7, 11) is 0. The summed E-state index contributed by atoms with van der Waals surface area (Å²) in [4.78, 5) is 2.38. The van der Waals surface area contributed by atoms with Crippen molar-refractivity contribution in [2.75, 3.05) is 13.1 Å². The predicted octanol–water partition coefficient (Wildman–Crippen LogP) is 3.07. The van der Waals surface area contributed by atoms with Crippen LogP contribution in [0.15, 0.2) is 18.2 Å². The van der Waals surface area contributed by atoms with E-state index in [0.717, 1.165) is 31.6 Å². The molecule has 2 N–H and O–H groups in total. The van der Waals surface area contributed by atoms with Crippen molar-refractivity contribution in [3.05, 3.63) is 34.6 Å². The average Bonchev–Trinajstić information content (AvgIpc) is 2.65. The van der Waals surface area contributed by atoms with Gasteiger partial charge < -0.3 is 5.73 Å². The Labute approximate surface area is 119 Å². The van der Waals surface area contributed by atoms with Gasteiger partial charge in [0.2, 0.25) is 0 Å². The van der Waals surface area contributed by atoms with Crippen molar-refractivity contribution in [3.63, 3.8) is 0 Å². The Balaban J connectivity index is 0.00000162. The molecular formula is C13H19Cl2FN2. The summed E-state index contributed by atoms with van der Waals surface area (Å²) < 4.78 is 13.0. The molecule has 1 aromatic rings. The molecule has 102 valence electrons. The highest BCUT2D eigenvalue weighted by Crippen LogP contribution is 2.25. The van der Waals surface area contributed by atoms with Crippen molar-refractivity contribution >= 4 is 24.0 Å². The minimum atomic E-state index is -0.357. The van der Waals surface area contributed by atoms with Crippen LogP contribution in [-0.2, 0) is 6.54 Å². The first-order chi connectivity index (χ1) is 8.10. The lowest BCUT2D eigenvalue weighted by molar-refractivity contribution is 0.256. The van der Waals surface area contributed by atoms with Gasteiger partial charge in [0.1, 0.15) is 5.82 Å². The number of benzene rings is 1. The highest BCUT2D eigenvalue weighted by Gasteiger charge is 2.27. The minimum Gasteiger partial charge on any atom is -0.330 e. The molecule has 1 aliphatic heterocycles. The molecule has 2 rings (SSSR count). The fourth-order valence-corrected chi connectivity index (χ4v) is 2.68. The molecule has 2 atom stereocenters. The van der Waals surface area contributed by atoms with Crippen molar-refractivity contribution < 1.29 is 4.39 Å². The molecule has 5 heteroatoms. The normalized spacial score (nSPS) is 24.0. The number of nitrogens with two attached hydrogens (primary N) is 1. The average molecular weight is 293 g/mol. The molecule has 2 unspecified atom stereocenters. The predicted molar refractivity (Wildman–Crippen MR) is 75.7 cm³/mol. The van der Waals surface area contributed by atoms with E-state index in [1.165, 1.54) is 6.07 Å². The Kier molecular flexibility index (Phi) is 5.86. The van der Waals surface area contributed by atoms with Gasteiger partial charge in [0.15, 0.2) is 0 Å². The maximum absolute atomic E-state index is 13.0. The Hall–Kier alpha value is -0.350. The molecule has 0 aliphatic carbocycles. The number of hydrogen-bond donors (Lipinski definition) is 1. The van der Waals surface area contributed by atoms with E-state index in [1.54, 1.807) is 12.1 Å². The van der Waals surface area contributed by atoms with Crippen molar-refractivity contribution in [2.24, 2.45) is 11.7 Å². The van der Waals surface area contributed by atoms with Gasteiger partial charge in [-0.05, 0) is 43.5 Å². The molecule has 1 aliphatic rings. The lowest BCUT2D eigenvalue weighted by atomic mass is 10.1. The Morgan fingerprint density at radius 3 is 2.78 bits per heavy atom. The maximum atomic E-state index is 13.0. The lowest BCUT2D eigenvalue weighted by Gasteiger charge is -2.21. The van der Waals surface area contributed by atoms with E-state index >= 15 is 0 Å². The number of nitrogens with zero attached hydrogens (tertiary/aromatic N) is 1. The third kappa shape index (κ3) is 3.58.